The van der Waals surface area contributed by atoms with Gasteiger partial charge in [0.25, 0.3) is 0 Å². The number of anilines is 4. The summed E-state index contributed by atoms with van der Waals surface area (Å²) in [7, 11) is 0. The molecule has 4 heterocycles. The zero-order chi connectivity index (χ0) is 36.8. The van der Waals surface area contributed by atoms with Gasteiger partial charge in [0.05, 0.1) is 38.3 Å². The van der Waals surface area contributed by atoms with Crippen LogP contribution in [0, 0.1) is 17.0 Å². The summed E-state index contributed by atoms with van der Waals surface area (Å²) < 4.78 is 42.6. The number of carbonyl (C=O) groups is 2. The number of carbonyl (C=O) groups excluding carboxylic acids is 2. The first kappa shape index (κ1) is 38.1. The first-order valence-corrected chi connectivity index (χ1v) is 18.3. The molecule has 2 saturated heterocycles. The first-order chi connectivity index (χ1) is 24.2. The van der Waals surface area contributed by atoms with E-state index in [0.717, 1.165) is 39.9 Å². The molecule has 0 spiro atoms. The molecule has 0 radical (unpaired) electrons. The summed E-state index contributed by atoms with van der Waals surface area (Å²) in [5.74, 6) is -1.33. The maximum absolute atomic E-state index is 13.4. The highest BCUT2D eigenvalue weighted by Gasteiger charge is 2.34. The van der Waals surface area contributed by atoms with Gasteiger partial charge in [0.1, 0.15) is 38.6 Å². The SMILES string of the molecule is CC(C)(C)OC(=O)CC(C)(C)C(=O)Nc1nc(-c2ccc(F)cc2)c(N2CCOCC2)s1.Nc1nc(-c2ccc(F)cc2)c(N2CCOCC2)s1. The van der Waals surface area contributed by atoms with Crippen molar-refractivity contribution >= 4 is 54.8 Å². The zero-order valence-corrected chi connectivity index (χ0v) is 31.1. The summed E-state index contributed by atoms with van der Waals surface area (Å²) in [5.41, 5.74) is 7.38. The Hall–Kier alpha value is -4.18. The topological polar surface area (TPSA) is 132 Å². The molecule has 51 heavy (non-hydrogen) atoms. The molecule has 15 heteroatoms. The number of benzene rings is 2. The molecule has 2 fully saturated rings. The molecule has 2 aromatic carbocycles. The molecule has 3 N–H and O–H groups in total. The summed E-state index contributed by atoms with van der Waals surface area (Å²) in [6.45, 7) is 14.5. The summed E-state index contributed by atoms with van der Waals surface area (Å²) in [5, 5.41) is 5.74. The molecule has 2 aliphatic heterocycles. The van der Waals surface area contributed by atoms with Crippen molar-refractivity contribution in [3.8, 4) is 22.5 Å². The number of hydrogen-bond donors (Lipinski definition) is 2. The number of nitrogens with zero attached hydrogens (tertiary/aromatic N) is 4. The Bertz CT molecular complexity index is 1780. The van der Waals surface area contributed by atoms with Crippen LogP contribution in [0.1, 0.15) is 41.0 Å². The molecule has 274 valence electrons. The second kappa shape index (κ2) is 16.4. The lowest BCUT2D eigenvalue weighted by molar-refractivity contribution is -0.158. The molecule has 6 rings (SSSR count). The Morgan fingerprint density at radius 1 is 0.784 bits per heavy atom. The van der Waals surface area contributed by atoms with E-state index in [1.165, 1.54) is 46.9 Å². The number of halogens is 2. The van der Waals surface area contributed by atoms with Crippen molar-refractivity contribution in [1.82, 2.24) is 9.97 Å². The number of morpholine rings is 2. The predicted octanol–water partition coefficient (Wildman–Crippen LogP) is 6.85. The summed E-state index contributed by atoms with van der Waals surface area (Å²) >= 11 is 2.82. The van der Waals surface area contributed by atoms with Gasteiger partial charge in [0.2, 0.25) is 5.91 Å². The van der Waals surface area contributed by atoms with Crippen LogP contribution in [-0.2, 0) is 23.8 Å². The first-order valence-electron chi connectivity index (χ1n) is 16.7. The molecule has 11 nitrogen and oxygen atoms in total. The third-order valence-electron chi connectivity index (χ3n) is 7.91. The van der Waals surface area contributed by atoms with Crippen LogP contribution >= 0.6 is 22.7 Å². The van der Waals surface area contributed by atoms with Crippen molar-refractivity contribution in [2.24, 2.45) is 5.41 Å². The van der Waals surface area contributed by atoms with E-state index in [-0.39, 0.29) is 24.0 Å². The molecule has 4 aromatic rings. The highest BCUT2D eigenvalue weighted by molar-refractivity contribution is 7.20. The van der Waals surface area contributed by atoms with E-state index in [1.807, 2.05) is 0 Å². The van der Waals surface area contributed by atoms with Crippen molar-refractivity contribution in [2.45, 2.75) is 46.6 Å². The van der Waals surface area contributed by atoms with Gasteiger partial charge in [0.15, 0.2) is 10.3 Å². The average Bonchev–Trinajstić information content (AvgIpc) is 3.69. The summed E-state index contributed by atoms with van der Waals surface area (Å²) in [4.78, 5) is 38.6. The van der Waals surface area contributed by atoms with Gasteiger partial charge < -0.3 is 35.1 Å². The monoisotopic (exact) mass is 742 g/mol. The van der Waals surface area contributed by atoms with E-state index < -0.39 is 17.0 Å². The predicted molar refractivity (Wildman–Crippen MR) is 198 cm³/mol. The summed E-state index contributed by atoms with van der Waals surface area (Å²) in [6, 6.07) is 12.5. The zero-order valence-electron chi connectivity index (χ0n) is 29.5. The van der Waals surface area contributed by atoms with E-state index >= 15 is 0 Å². The van der Waals surface area contributed by atoms with Crippen LogP contribution in [0.3, 0.4) is 0 Å². The van der Waals surface area contributed by atoms with Gasteiger partial charge in [-0.25, -0.2) is 18.7 Å². The lowest BCUT2D eigenvalue weighted by Gasteiger charge is -2.28. The lowest BCUT2D eigenvalue weighted by Crippen LogP contribution is -2.36. The maximum Gasteiger partial charge on any atom is 0.307 e. The van der Waals surface area contributed by atoms with Gasteiger partial charge in [-0.3, -0.25) is 9.59 Å². The minimum atomic E-state index is -0.983. The molecule has 0 bridgehead atoms. The molecule has 0 unspecified atom stereocenters. The molecule has 1 amide bonds. The third-order valence-corrected chi connectivity index (χ3v) is 9.89. The third kappa shape index (κ3) is 10.4. The number of amides is 1. The number of ether oxygens (including phenoxy) is 3. The van der Waals surface area contributed by atoms with E-state index in [1.54, 1.807) is 58.9 Å². The molecule has 2 aromatic heterocycles. The van der Waals surface area contributed by atoms with Gasteiger partial charge in [-0.2, -0.15) is 0 Å². The summed E-state index contributed by atoms with van der Waals surface area (Å²) in [6.07, 6.45) is -0.0530. The van der Waals surface area contributed by atoms with E-state index in [0.29, 0.717) is 55.5 Å². The second-order valence-corrected chi connectivity index (χ2v) is 15.7. The number of nitrogens with one attached hydrogen (secondary N) is 1. The number of esters is 1. The molecule has 0 saturated carbocycles. The van der Waals surface area contributed by atoms with Gasteiger partial charge >= 0.3 is 5.97 Å². The fourth-order valence-electron chi connectivity index (χ4n) is 5.33. The number of hydrogen-bond acceptors (Lipinski definition) is 12. The number of rotatable bonds is 8. The molecule has 0 aliphatic carbocycles. The maximum atomic E-state index is 13.4. The highest BCUT2D eigenvalue weighted by atomic mass is 32.1. The Morgan fingerprint density at radius 3 is 1.71 bits per heavy atom. The minimum Gasteiger partial charge on any atom is -0.460 e. The van der Waals surface area contributed by atoms with Crippen molar-refractivity contribution < 1.29 is 32.6 Å². The van der Waals surface area contributed by atoms with Crippen molar-refractivity contribution in [3.63, 3.8) is 0 Å². The van der Waals surface area contributed by atoms with E-state index in [2.05, 4.69) is 25.1 Å². The van der Waals surface area contributed by atoms with Crippen LogP contribution in [0.2, 0.25) is 0 Å². The van der Waals surface area contributed by atoms with Crippen LogP contribution < -0.4 is 20.9 Å². The number of nitrogens with two attached hydrogens (primary N) is 1. The quantitative estimate of drug-likeness (QED) is 0.185. The highest BCUT2D eigenvalue weighted by Crippen LogP contribution is 2.40. The van der Waals surface area contributed by atoms with Crippen LogP contribution in [0.15, 0.2) is 48.5 Å². The van der Waals surface area contributed by atoms with Crippen LogP contribution in [0.25, 0.3) is 22.5 Å². The fourth-order valence-corrected chi connectivity index (χ4v) is 7.27. The Kier molecular flexibility index (Phi) is 12.3. The smallest absolute Gasteiger partial charge is 0.307 e. The van der Waals surface area contributed by atoms with Crippen LogP contribution in [-0.4, -0.2) is 80.1 Å². The average molecular weight is 743 g/mol. The van der Waals surface area contributed by atoms with Gasteiger partial charge in [-0.1, -0.05) is 36.5 Å². The Morgan fingerprint density at radius 2 is 1.24 bits per heavy atom. The largest absolute Gasteiger partial charge is 0.460 e. The molecular formula is C36H44F2N6O5S2. The molecule has 0 atom stereocenters. The van der Waals surface area contributed by atoms with Gasteiger partial charge in [-0.15, -0.1) is 0 Å². The molecular weight excluding hydrogens is 699 g/mol. The second-order valence-electron chi connectivity index (χ2n) is 13.7. The lowest BCUT2D eigenvalue weighted by atomic mass is 9.88. The van der Waals surface area contributed by atoms with Gasteiger partial charge in [-0.05, 0) is 69.3 Å². The molecule has 2 aliphatic rings. The normalized spacial score (nSPS) is 15.2. The van der Waals surface area contributed by atoms with Crippen molar-refractivity contribution in [1.29, 1.82) is 0 Å². The number of thiazole rings is 2. The number of nitrogen functional groups attached to an aromatic ring is 1. The Balaban J connectivity index is 0.000000224. The Labute approximate surface area is 304 Å². The number of aromatic nitrogens is 2. The standard InChI is InChI=1S/C23H30FN3O4S.C13H14FN3OS/c1-22(2,3)31-17(28)14-23(4,5)20(29)26-21-25-18(15-6-8-16(24)9-7-15)19(32-21)27-10-12-30-13-11-27;14-10-3-1-9(2-4-10)11-12(19-13(15)16-11)17-5-7-18-8-6-17/h6-9H,10-14H2,1-5H3,(H,25,26,29);1-4H,5-8H2,(H2,15,16). The van der Waals surface area contributed by atoms with Crippen LogP contribution in [0.5, 0.6) is 0 Å². The fraction of sp³-hybridized carbons (Fsp3) is 0.444. The van der Waals surface area contributed by atoms with E-state index in [9.17, 15) is 18.4 Å². The van der Waals surface area contributed by atoms with E-state index in [4.69, 9.17) is 19.9 Å². The van der Waals surface area contributed by atoms with Crippen LogP contribution in [0.4, 0.5) is 29.0 Å². The van der Waals surface area contributed by atoms with Gasteiger partial charge in [0, 0.05) is 37.3 Å². The van der Waals surface area contributed by atoms with Crippen molar-refractivity contribution in [2.75, 3.05) is 73.5 Å². The minimum absolute atomic E-state index is 0.0530. The van der Waals surface area contributed by atoms with Crippen molar-refractivity contribution in [3.05, 3.63) is 60.2 Å².